The lowest BCUT2D eigenvalue weighted by molar-refractivity contribution is -0.387. The van der Waals surface area contributed by atoms with Crippen molar-refractivity contribution in [2.24, 2.45) is 5.92 Å². The van der Waals surface area contributed by atoms with Crippen LogP contribution >= 0.6 is 0 Å². The fraction of sp³-hybridized carbons (Fsp3) is 0.417. The van der Waals surface area contributed by atoms with Gasteiger partial charge < -0.3 is 10.4 Å². The van der Waals surface area contributed by atoms with Gasteiger partial charge in [0.05, 0.1) is 22.7 Å². The molecule has 0 heterocycles. The van der Waals surface area contributed by atoms with Crippen molar-refractivity contribution < 1.29 is 23.6 Å². The van der Waals surface area contributed by atoms with Gasteiger partial charge in [-0.1, -0.05) is 13.8 Å². The third kappa shape index (κ3) is 3.70. The van der Waals surface area contributed by atoms with E-state index in [1.807, 2.05) is 0 Å². The second-order valence-electron chi connectivity index (χ2n) is 4.56. The van der Waals surface area contributed by atoms with Crippen molar-refractivity contribution in [3.05, 3.63) is 39.4 Å². The molecule has 0 radical (unpaired) electrons. The predicted molar refractivity (Wildman–Crippen MR) is 66.2 cm³/mol. The number of carbonyl (C=O) groups is 1. The van der Waals surface area contributed by atoms with E-state index in [-0.39, 0.29) is 12.5 Å². The third-order valence-electron chi connectivity index (χ3n) is 2.72. The molecule has 0 spiro atoms. The van der Waals surface area contributed by atoms with Crippen LogP contribution in [0.15, 0.2) is 12.1 Å². The molecular formula is C12H14F2N2O4. The first-order valence-electron chi connectivity index (χ1n) is 5.83. The van der Waals surface area contributed by atoms with Crippen LogP contribution in [0.4, 0.5) is 14.5 Å². The van der Waals surface area contributed by atoms with E-state index in [1.165, 1.54) is 0 Å². The van der Waals surface area contributed by atoms with E-state index in [2.05, 4.69) is 5.32 Å². The standard InChI is InChI=1S/C12H14F2N2O4/c1-6(2)11(17)5-15-12(18)7-3-9(14)10(16(19)20)4-8(7)13/h3-4,6,11,17H,5H2,1-2H3,(H,15,18). The monoisotopic (exact) mass is 288 g/mol. The van der Waals surface area contributed by atoms with Gasteiger partial charge in [-0.2, -0.15) is 4.39 Å². The van der Waals surface area contributed by atoms with Crippen LogP contribution in [0.2, 0.25) is 0 Å². The molecule has 0 aliphatic carbocycles. The molecule has 0 saturated carbocycles. The summed E-state index contributed by atoms with van der Waals surface area (Å²) in [5.74, 6) is -3.56. The highest BCUT2D eigenvalue weighted by atomic mass is 19.1. The Morgan fingerprint density at radius 2 is 2.00 bits per heavy atom. The third-order valence-corrected chi connectivity index (χ3v) is 2.72. The van der Waals surface area contributed by atoms with Crippen LogP contribution in [0.3, 0.4) is 0 Å². The van der Waals surface area contributed by atoms with Crippen molar-refractivity contribution in [3.8, 4) is 0 Å². The molecule has 0 aromatic heterocycles. The molecule has 1 amide bonds. The molecule has 0 saturated heterocycles. The molecule has 0 bridgehead atoms. The molecule has 0 aliphatic heterocycles. The summed E-state index contributed by atoms with van der Waals surface area (Å²) in [6, 6.07) is 0.813. The van der Waals surface area contributed by atoms with Gasteiger partial charge in [-0.3, -0.25) is 14.9 Å². The minimum atomic E-state index is -1.30. The maximum atomic E-state index is 13.5. The first kappa shape index (κ1) is 16.0. The number of carbonyl (C=O) groups excluding carboxylic acids is 1. The van der Waals surface area contributed by atoms with Crippen LogP contribution in [0.5, 0.6) is 0 Å². The Bertz CT molecular complexity index is 534. The average Bonchev–Trinajstić information content (AvgIpc) is 2.37. The summed E-state index contributed by atoms with van der Waals surface area (Å²) in [5.41, 5.74) is -1.69. The zero-order valence-corrected chi connectivity index (χ0v) is 10.9. The summed E-state index contributed by atoms with van der Waals surface area (Å²) in [7, 11) is 0. The van der Waals surface area contributed by atoms with Crippen LogP contribution in [0.1, 0.15) is 24.2 Å². The average molecular weight is 288 g/mol. The van der Waals surface area contributed by atoms with E-state index in [9.17, 15) is 28.8 Å². The number of nitro benzene ring substituents is 1. The molecule has 1 aromatic carbocycles. The first-order valence-corrected chi connectivity index (χ1v) is 5.83. The molecule has 0 aliphatic rings. The second-order valence-corrected chi connectivity index (χ2v) is 4.56. The number of nitrogens with zero attached hydrogens (tertiary/aromatic N) is 1. The van der Waals surface area contributed by atoms with Crippen LogP contribution in [-0.2, 0) is 0 Å². The molecule has 8 heteroatoms. The van der Waals surface area contributed by atoms with E-state index in [1.54, 1.807) is 13.8 Å². The Balaban J connectivity index is 2.89. The zero-order valence-electron chi connectivity index (χ0n) is 10.9. The lowest BCUT2D eigenvalue weighted by Gasteiger charge is -2.15. The van der Waals surface area contributed by atoms with Crippen molar-refractivity contribution in [3.63, 3.8) is 0 Å². The van der Waals surface area contributed by atoms with Crippen LogP contribution in [0.25, 0.3) is 0 Å². The summed E-state index contributed by atoms with van der Waals surface area (Å²) < 4.78 is 26.9. The Kier molecular flexibility index (Phi) is 5.09. The first-order chi connectivity index (χ1) is 9.23. The number of hydrogen-bond donors (Lipinski definition) is 2. The number of halogens is 2. The summed E-state index contributed by atoms with van der Waals surface area (Å²) in [4.78, 5) is 21.0. The molecule has 2 N–H and O–H groups in total. The van der Waals surface area contributed by atoms with Crippen molar-refractivity contribution in [2.75, 3.05) is 6.54 Å². The Morgan fingerprint density at radius 3 is 2.50 bits per heavy atom. The van der Waals surface area contributed by atoms with Crippen molar-refractivity contribution in [2.45, 2.75) is 20.0 Å². The van der Waals surface area contributed by atoms with Gasteiger partial charge in [-0.15, -0.1) is 0 Å². The number of benzene rings is 1. The fourth-order valence-electron chi connectivity index (χ4n) is 1.38. The molecule has 110 valence electrons. The van der Waals surface area contributed by atoms with Gasteiger partial charge in [-0.25, -0.2) is 4.39 Å². The highest BCUT2D eigenvalue weighted by Gasteiger charge is 2.22. The van der Waals surface area contributed by atoms with Crippen LogP contribution in [-0.4, -0.2) is 28.6 Å². The van der Waals surface area contributed by atoms with Gasteiger partial charge in [-0.05, 0) is 12.0 Å². The molecule has 20 heavy (non-hydrogen) atoms. The highest BCUT2D eigenvalue weighted by Crippen LogP contribution is 2.21. The number of aliphatic hydroxyl groups excluding tert-OH is 1. The zero-order chi connectivity index (χ0) is 15.4. The lowest BCUT2D eigenvalue weighted by atomic mass is 10.1. The molecule has 1 unspecified atom stereocenters. The van der Waals surface area contributed by atoms with E-state index < -0.39 is 39.8 Å². The SMILES string of the molecule is CC(C)C(O)CNC(=O)c1cc(F)c([N+](=O)[O-])cc1F. The van der Waals surface area contributed by atoms with Crippen LogP contribution < -0.4 is 5.32 Å². The topological polar surface area (TPSA) is 92.5 Å². The van der Waals surface area contributed by atoms with Crippen LogP contribution in [0, 0.1) is 27.7 Å². The summed E-state index contributed by atoms with van der Waals surface area (Å²) in [6.07, 6.45) is -0.829. The molecule has 1 atom stereocenters. The van der Waals surface area contributed by atoms with E-state index in [0.29, 0.717) is 12.1 Å². The Hall–Kier alpha value is -2.09. The number of hydrogen-bond acceptors (Lipinski definition) is 4. The molecule has 0 fully saturated rings. The largest absolute Gasteiger partial charge is 0.391 e. The maximum absolute atomic E-state index is 13.5. The minimum absolute atomic E-state index is 0.117. The highest BCUT2D eigenvalue weighted by molar-refractivity contribution is 5.94. The quantitative estimate of drug-likeness (QED) is 0.636. The van der Waals surface area contributed by atoms with Crippen molar-refractivity contribution in [1.82, 2.24) is 5.32 Å². The number of nitro groups is 1. The maximum Gasteiger partial charge on any atom is 0.307 e. The number of rotatable bonds is 5. The van der Waals surface area contributed by atoms with Crippen molar-refractivity contribution >= 4 is 11.6 Å². The minimum Gasteiger partial charge on any atom is -0.391 e. The van der Waals surface area contributed by atoms with E-state index >= 15 is 0 Å². The van der Waals surface area contributed by atoms with Gasteiger partial charge in [0.15, 0.2) is 0 Å². The van der Waals surface area contributed by atoms with Gasteiger partial charge in [0.2, 0.25) is 5.82 Å². The smallest absolute Gasteiger partial charge is 0.307 e. The molecule has 1 rings (SSSR count). The fourth-order valence-corrected chi connectivity index (χ4v) is 1.38. The normalized spacial score (nSPS) is 12.3. The lowest BCUT2D eigenvalue weighted by Crippen LogP contribution is -2.35. The Labute approximate surface area is 113 Å². The number of nitrogens with one attached hydrogen (secondary N) is 1. The number of aliphatic hydroxyl groups is 1. The Morgan fingerprint density at radius 1 is 1.40 bits per heavy atom. The predicted octanol–water partition coefficient (Wildman–Crippen LogP) is 1.62. The van der Waals surface area contributed by atoms with E-state index in [4.69, 9.17) is 0 Å². The summed E-state index contributed by atoms with van der Waals surface area (Å²) in [5, 5.41) is 22.1. The van der Waals surface area contributed by atoms with Gasteiger partial charge >= 0.3 is 5.69 Å². The van der Waals surface area contributed by atoms with E-state index in [0.717, 1.165) is 0 Å². The molecule has 1 aromatic rings. The van der Waals surface area contributed by atoms with Crippen molar-refractivity contribution in [1.29, 1.82) is 0 Å². The molecular weight excluding hydrogens is 274 g/mol. The summed E-state index contributed by atoms with van der Waals surface area (Å²) >= 11 is 0. The second kappa shape index (κ2) is 6.38. The van der Waals surface area contributed by atoms with Gasteiger partial charge in [0.1, 0.15) is 5.82 Å². The molecule has 6 nitrogen and oxygen atoms in total. The number of amides is 1. The summed E-state index contributed by atoms with van der Waals surface area (Å²) in [6.45, 7) is 3.32. The van der Waals surface area contributed by atoms with Gasteiger partial charge in [0, 0.05) is 6.54 Å². The van der Waals surface area contributed by atoms with Gasteiger partial charge in [0.25, 0.3) is 5.91 Å².